The van der Waals surface area contributed by atoms with E-state index >= 15 is 0 Å². The Labute approximate surface area is 106 Å². The molecule has 0 radical (unpaired) electrons. The molecule has 90 valence electrons. The van der Waals surface area contributed by atoms with Gasteiger partial charge in [-0.15, -0.1) is 11.3 Å². The highest BCUT2D eigenvalue weighted by Crippen LogP contribution is 2.26. The number of benzene rings is 1. The lowest BCUT2D eigenvalue weighted by Crippen LogP contribution is -2.01. The van der Waals surface area contributed by atoms with Crippen molar-refractivity contribution in [3.05, 3.63) is 51.2 Å². The van der Waals surface area contributed by atoms with Crippen LogP contribution < -0.4 is 10.5 Å². The molecule has 0 aliphatic rings. The normalized spacial score (nSPS) is 10.5. The van der Waals surface area contributed by atoms with Crippen molar-refractivity contribution in [3.8, 4) is 5.75 Å². The third-order valence-electron chi connectivity index (χ3n) is 2.69. The maximum absolute atomic E-state index is 5.88. The Hall–Kier alpha value is -1.32. The van der Waals surface area contributed by atoms with Gasteiger partial charge in [0.2, 0.25) is 0 Å². The Balaban J connectivity index is 2.15. The minimum atomic E-state index is 0.576. The smallest absolute Gasteiger partial charge is 0.125 e. The summed E-state index contributed by atoms with van der Waals surface area (Å²) in [7, 11) is 0. The maximum atomic E-state index is 5.88. The molecule has 0 aliphatic carbocycles. The Morgan fingerprint density at radius 1 is 1.24 bits per heavy atom. The molecule has 2 aromatic rings. The van der Waals surface area contributed by atoms with Crippen LogP contribution in [0.4, 0.5) is 0 Å². The van der Waals surface area contributed by atoms with Crippen molar-refractivity contribution in [1.29, 1.82) is 0 Å². The fourth-order valence-corrected chi connectivity index (χ4v) is 2.54. The highest BCUT2D eigenvalue weighted by Gasteiger charge is 2.06. The second kappa shape index (κ2) is 5.34. The van der Waals surface area contributed by atoms with Crippen molar-refractivity contribution in [1.82, 2.24) is 0 Å². The Morgan fingerprint density at radius 2 is 1.94 bits per heavy atom. The van der Waals surface area contributed by atoms with Gasteiger partial charge in [-0.25, -0.2) is 0 Å². The Bertz CT molecular complexity index is 468. The molecule has 2 rings (SSSR count). The summed E-state index contributed by atoms with van der Waals surface area (Å²) in [4.78, 5) is 1.24. The molecule has 0 fully saturated rings. The first-order valence-electron chi connectivity index (χ1n) is 5.66. The summed E-state index contributed by atoms with van der Waals surface area (Å²) in [6.07, 6.45) is 0. The highest BCUT2D eigenvalue weighted by atomic mass is 32.1. The summed E-state index contributed by atoms with van der Waals surface area (Å²) >= 11 is 1.72. The quantitative estimate of drug-likeness (QED) is 0.898. The van der Waals surface area contributed by atoms with Gasteiger partial charge in [-0.1, -0.05) is 18.2 Å². The van der Waals surface area contributed by atoms with Crippen molar-refractivity contribution in [3.63, 3.8) is 0 Å². The lowest BCUT2D eigenvalue weighted by molar-refractivity contribution is 0.305. The lowest BCUT2D eigenvalue weighted by Gasteiger charge is -2.13. The first-order chi connectivity index (χ1) is 8.20. The van der Waals surface area contributed by atoms with Gasteiger partial charge in [0.1, 0.15) is 12.4 Å². The average Bonchev–Trinajstić information content (AvgIpc) is 2.80. The van der Waals surface area contributed by atoms with Gasteiger partial charge in [-0.3, -0.25) is 0 Å². The van der Waals surface area contributed by atoms with Crippen LogP contribution >= 0.6 is 11.3 Å². The number of aryl methyl sites for hydroxylation is 2. The molecule has 1 aromatic heterocycles. The summed E-state index contributed by atoms with van der Waals surface area (Å²) in [5, 5.41) is 2.07. The van der Waals surface area contributed by atoms with Gasteiger partial charge in [0.15, 0.2) is 0 Å². The van der Waals surface area contributed by atoms with Crippen LogP contribution in [0.3, 0.4) is 0 Å². The van der Waals surface area contributed by atoms with E-state index in [0.29, 0.717) is 13.2 Å². The molecule has 0 spiro atoms. The molecule has 0 aliphatic heterocycles. The van der Waals surface area contributed by atoms with E-state index in [0.717, 1.165) is 22.4 Å². The number of hydrogen-bond donors (Lipinski definition) is 1. The topological polar surface area (TPSA) is 35.2 Å². The molecule has 1 heterocycles. The van der Waals surface area contributed by atoms with Crippen molar-refractivity contribution in [2.75, 3.05) is 0 Å². The highest BCUT2D eigenvalue weighted by molar-refractivity contribution is 7.09. The lowest BCUT2D eigenvalue weighted by atomic mass is 10.1. The molecule has 0 saturated heterocycles. The summed E-state index contributed by atoms with van der Waals surface area (Å²) in [6, 6.07) is 8.32. The predicted molar refractivity (Wildman–Crippen MR) is 72.5 cm³/mol. The number of thiophene rings is 1. The minimum absolute atomic E-state index is 0.576. The molecule has 1 aromatic carbocycles. The molecule has 17 heavy (non-hydrogen) atoms. The molecule has 0 amide bonds. The van der Waals surface area contributed by atoms with Gasteiger partial charge in [-0.05, 0) is 42.0 Å². The summed E-state index contributed by atoms with van der Waals surface area (Å²) in [5.41, 5.74) is 9.11. The van der Waals surface area contributed by atoms with Crippen LogP contribution in [0.5, 0.6) is 5.75 Å². The van der Waals surface area contributed by atoms with Gasteiger partial charge < -0.3 is 10.5 Å². The summed E-state index contributed by atoms with van der Waals surface area (Å²) in [6.45, 7) is 5.35. The van der Waals surface area contributed by atoms with E-state index in [4.69, 9.17) is 10.5 Å². The third-order valence-corrected chi connectivity index (χ3v) is 3.54. The van der Waals surface area contributed by atoms with Gasteiger partial charge in [0.05, 0.1) is 0 Å². The van der Waals surface area contributed by atoms with Crippen LogP contribution in [0.2, 0.25) is 0 Å². The number of nitrogens with two attached hydrogens (primary N) is 1. The van der Waals surface area contributed by atoms with E-state index in [1.807, 2.05) is 6.07 Å². The molecular formula is C14H17NOS. The molecular weight excluding hydrogens is 230 g/mol. The number of ether oxygens (including phenoxy) is 1. The second-order valence-electron chi connectivity index (χ2n) is 4.13. The van der Waals surface area contributed by atoms with Gasteiger partial charge >= 0.3 is 0 Å². The fourth-order valence-electron chi connectivity index (χ4n) is 1.92. The van der Waals surface area contributed by atoms with Crippen molar-refractivity contribution in [2.45, 2.75) is 27.0 Å². The van der Waals surface area contributed by atoms with Crippen molar-refractivity contribution in [2.24, 2.45) is 5.73 Å². The maximum Gasteiger partial charge on any atom is 0.125 e. The zero-order valence-electron chi connectivity index (χ0n) is 10.2. The Morgan fingerprint density at radius 3 is 2.47 bits per heavy atom. The first kappa shape index (κ1) is 12.1. The van der Waals surface area contributed by atoms with Crippen molar-refractivity contribution < 1.29 is 4.74 Å². The second-order valence-corrected chi connectivity index (χ2v) is 5.16. The molecule has 0 saturated carbocycles. The van der Waals surface area contributed by atoms with E-state index < -0.39 is 0 Å². The molecule has 0 bridgehead atoms. The van der Waals surface area contributed by atoms with Crippen LogP contribution in [0, 0.1) is 13.8 Å². The van der Waals surface area contributed by atoms with Crippen LogP contribution in [0.15, 0.2) is 29.6 Å². The van der Waals surface area contributed by atoms with E-state index in [1.165, 1.54) is 4.88 Å². The van der Waals surface area contributed by atoms with E-state index in [2.05, 4.69) is 37.4 Å². The molecule has 2 nitrogen and oxygen atoms in total. The number of hydrogen-bond acceptors (Lipinski definition) is 3. The van der Waals surface area contributed by atoms with Crippen LogP contribution in [-0.2, 0) is 13.2 Å². The third kappa shape index (κ3) is 2.87. The first-order valence-corrected chi connectivity index (χ1v) is 6.54. The SMILES string of the molecule is Cc1cc(CN)cc(C)c1OCc1cccs1. The fraction of sp³-hybridized carbons (Fsp3) is 0.286. The van der Waals surface area contributed by atoms with Gasteiger partial charge in [0, 0.05) is 11.4 Å². The standard InChI is InChI=1S/C14H17NOS/c1-10-6-12(8-15)7-11(2)14(10)16-9-13-4-3-5-17-13/h3-7H,8-9,15H2,1-2H3. The molecule has 2 N–H and O–H groups in total. The summed E-state index contributed by atoms with van der Waals surface area (Å²) in [5.74, 6) is 0.982. The predicted octanol–water partition coefficient (Wildman–Crippen LogP) is 3.40. The number of rotatable bonds is 4. The van der Waals surface area contributed by atoms with Crippen LogP contribution in [0.25, 0.3) is 0 Å². The molecule has 3 heteroatoms. The van der Waals surface area contributed by atoms with Crippen LogP contribution in [-0.4, -0.2) is 0 Å². The van der Waals surface area contributed by atoms with Crippen LogP contribution in [0.1, 0.15) is 21.6 Å². The van der Waals surface area contributed by atoms with E-state index in [1.54, 1.807) is 11.3 Å². The molecule has 0 atom stereocenters. The average molecular weight is 247 g/mol. The largest absolute Gasteiger partial charge is 0.488 e. The van der Waals surface area contributed by atoms with Crippen molar-refractivity contribution >= 4 is 11.3 Å². The monoisotopic (exact) mass is 247 g/mol. The zero-order chi connectivity index (χ0) is 12.3. The summed E-state index contributed by atoms with van der Waals surface area (Å²) < 4.78 is 5.88. The van der Waals surface area contributed by atoms with E-state index in [9.17, 15) is 0 Å². The van der Waals surface area contributed by atoms with E-state index in [-0.39, 0.29) is 0 Å². The minimum Gasteiger partial charge on any atom is -0.488 e. The van der Waals surface area contributed by atoms with Gasteiger partial charge in [-0.2, -0.15) is 0 Å². The zero-order valence-corrected chi connectivity index (χ0v) is 11.0. The Kier molecular flexibility index (Phi) is 3.82. The van der Waals surface area contributed by atoms with Gasteiger partial charge in [0.25, 0.3) is 0 Å². The molecule has 0 unspecified atom stereocenters.